The van der Waals surface area contributed by atoms with Crippen molar-refractivity contribution in [3.63, 3.8) is 0 Å². The Kier molecular flexibility index (Phi) is 5.22. The fourth-order valence-electron chi connectivity index (χ4n) is 2.54. The molecule has 0 amide bonds. The zero-order valence-electron chi connectivity index (χ0n) is 12.2. The number of hydrogen-bond acceptors (Lipinski definition) is 4. The molecule has 5 heteroatoms. The van der Waals surface area contributed by atoms with Gasteiger partial charge in [0.15, 0.2) is 0 Å². The molecule has 2 atom stereocenters. The Hall–Kier alpha value is -1.07. The monoisotopic (exact) mass is 267 g/mol. The van der Waals surface area contributed by atoms with Gasteiger partial charge in [-0.2, -0.15) is 0 Å². The van der Waals surface area contributed by atoms with E-state index in [9.17, 15) is 0 Å². The highest BCUT2D eigenvalue weighted by Crippen LogP contribution is 2.27. The van der Waals surface area contributed by atoms with E-state index in [1.807, 2.05) is 6.92 Å². The van der Waals surface area contributed by atoms with Crippen LogP contribution in [0.2, 0.25) is 0 Å². The maximum atomic E-state index is 5.78. The second kappa shape index (κ2) is 6.91. The molecule has 1 aromatic rings. The predicted molar refractivity (Wildman–Crippen MR) is 75.6 cm³/mol. The molecule has 1 aliphatic rings. The zero-order valence-corrected chi connectivity index (χ0v) is 12.2. The Balaban J connectivity index is 1.98. The van der Waals surface area contributed by atoms with Crippen LogP contribution < -0.4 is 5.32 Å². The van der Waals surface area contributed by atoms with Gasteiger partial charge in [0.25, 0.3) is 0 Å². The molecular weight excluding hydrogens is 242 g/mol. The molecule has 0 bridgehead atoms. The highest BCUT2D eigenvalue weighted by Gasteiger charge is 2.25. The quantitative estimate of drug-likeness (QED) is 0.771. The highest BCUT2D eigenvalue weighted by atomic mass is 16.5. The van der Waals surface area contributed by atoms with Crippen LogP contribution in [0.3, 0.4) is 0 Å². The van der Waals surface area contributed by atoms with Gasteiger partial charge in [0.05, 0.1) is 17.8 Å². The maximum Gasteiger partial charge on any atom is 0.203 e. The number of imidazole rings is 1. The van der Waals surface area contributed by atoms with Crippen molar-refractivity contribution in [2.75, 3.05) is 32.2 Å². The second-order valence-electron chi connectivity index (χ2n) is 5.18. The van der Waals surface area contributed by atoms with Gasteiger partial charge >= 0.3 is 0 Å². The topological polar surface area (TPSA) is 48.3 Å². The van der Waals surface area contributed by atoms with E-state index in [4.69, 9.17) is 9.47 Å². The van der Waals surface area contributed by atoms with Gasteiger partial charge in [-0.25, -0.2) is 4.98 Å². The van der Waals surface area contributed by atoms with Crippen molar-refractivity contribution in [2.24, 2.45) is 0 Å². The number of aromatic nitrogens is 2. The molecule has 1 aliphatic heterocycles. The van der Waals surface area contributed by atoms with E-state index in [2.05, 4.69) is 28.0 Å². The van der Waals surface area contributed by atoms with Crippen molar-refractivity contribution in [1.29, 1.82) is 0 Å². The second-order valence-corrected chi connectivity index (χ2v) is 5.18. The van der Waals surface area contributed by atoms with Crippen LogP contribution in [-0.4, -0.2) is 42.5 Å². The van der Waals surface area contributed by atoms with Crippen molar-refractivity contribution in [2.45, 2.75) is 45.3 Å². The largest absolute Gasteiger partial charge is 0.385 e. The van der Waals surface area contributed by atoms with Gasteiger partial charge in [0.1, 0.15) is 0 Å². The van der Waals surface area contributed by atoms with E-state index in [-0.39, 0.29) is 0 Å². The summed E-state index contributed by atoms with van der Waals surface area (Å²) in [4.78, 5) is 4.56. The van der Waals surface area contributed by atoms with E-state index in [0.717, 1.165) is 44.2 Å². The summed E-state index contributed by atoms with van der Waals surface area (Å²) in [5.74, 6) is 0.941. The summed E-state index contributed by atoms with van der Waals surface area (Å²) in [6.07, 6.45) is 5.70. The first kappa shape index (κ1) is 14.3. The molecule has 2 rings (SSSR count). The molecule has 0 saturated carbocycles. The Morgan fingerprint density at radius 1 is 1.63 bits per heavy atom. The fraction of sp³-hybridized carbons (Fsp3) is 0.786. The fourth-order valence-corrected chi connectivity index (χ4v) is 2.54. The standard InChI is InChI=1S/C14H25N3O2/c1-11-10-17(12(2)13-6-4-9-19-13)14(16-11)15-7-5-8-18-3/h10,12-13H,4-9H2,1-3H3,(H,15,16). The molecule has 0 spiro atoms. The lowest BCUT2D eigenvalue weighted by Gasteiger charge is -2.22. The molecule has 1 fully saturated rings. The Labute approximate surface area is 115 Å². The van der Waals surface area contributed by atoms with Crippen LogP contribution in [-0.2, 0) is 9.47 Å². The third-order valence-corrected chi connectivity index (χ3v) is 3.60. The minimum atomic E-state index is 0.313. The normalized spacial score (nSPS) is 20.7. The van der Waals surface area contributed by atoms with Gasteiger partial charge in [-0.15, -0.1) is 0 Å². The first-order valence-corrected chi connectivity index (χ1v) is 7.12. The summed E-state index contributed by atoms with van der Waals surface area (Å²) in [6, 6.07) is 0.327. The lowest BCUT2D eigenvalue weighted by molar-refractivity contribution is 0.0738. The Morgan fingerprint density at radius 2 is 2.47 bits per heavy atom. The molecule has 1 aromatic heterocycles. The highest BCUT2D eigenvalue weighted by molar-refractivity contribution is 5.29. The van der Waals surface area contributed by atoms with Crippen LogP contribution in [0.1, 0.15) is 37.9 Å². The van der Waals surface area contributed by atoms with Crippen LogP contribution >= 0.6 is 0 Å². The smallest absolute Gasteiger partial charge is 0.203 e. The van der Waals surface area contributed by atoms with Gasteiger partial charge in [0, 0.05) is 33.1 Å². The van der Waals surface area contributed by atoms with Crippen LogP contribution in [0.25, 0.3) is 0 Å². The van der Waals surface area contributed by atoms with Crippen LogP contribution in [0, 0.1) is 6.92 Å². The molecule has 5 nitrogen and oxygen atoms in total. The molecule has 108 valence electrons. The number of ether oxygens (including phenoxy) is 2. The van der Waals surface area contributed by atoms with Crippen molar-refractivity contribution in [1.82, 2.24) is 9.55 Å². The number of anilines is 1. The lowest BCUT2D eigenvalue weighted by Crippen LogP contribution is -2.22. The molecule has 2 heterocycles. The summed E-state index contributed by atoms with van der Waals surface area (Å²) >= 11 is 0. The number of methoxy groups -OCH3 is 1. The first-order chi connectivity index (χ1) is 9.22. The molecule has 1 N–H and O–H groups in total. The zero-order chi connectivity index (χ0) is 13.7. The van der Waals surface area contributed by atoms with E-state index < -0.39 is 0 Å². The lowest BCUT2D eigenvalue weighted by atomic mass is 10.1. The van der Waals surface area contributed by atoms with Gasteiger partial charge in [0.2, 0.25) is 5.95 Å². The van der Waals surface area contributed by atoms with Crippen molar-refractivity contribution >= 4 is 5.95 Å². The van der Waals surface area contributed by atoms with E-state index in [1.54, 1.807) is 7.11 Å². The number of aryl methyl sites for hydroxylation is 1. The minimum absolute atomic E-state index is 0.313. The Bertz CT molecular complexity index is 386. The Morgan fingerprint density at radius 3 is 3.16 bits per heavy atom. The number of nitrogens with one attached hydrogen (secondary N) is 1. The van der Waals surface area contributed by atoms with Gasteiger partial charge < -0.3 is 19.4 Å². The molecule has 1 saturated heterocycles. The van der Waals surface area contributed by atoms with Crippen molar-refractivity contribution < 1.29 is 9.47 Å². The van der Waals surface area contributed by atoms with Crippen molar-refractivity contribution in [3.8, 4) is 0 Å². The number of rotatable bonds is 7. The number of nitrogens with zero attached hydrogens (tertiary/aromatic N) is 2. The summed E-state index contributed by atoms with van der Waals surface area (Å²) < 4.78 is 13.0. The molecule has 0 radical (unpaired) electrons. The molecular formula is C14H25N3O2. The summed E-state index contributed by atoms with van der Waals surface area (Å²) in [5.41, 5.74) is 1.04. The maximum absolute atomic E-state index is 5.78. The first-order valence-electron chi connectivity index (χ1n) is 7.12. The molecule has 0 aromatic carbocycles. The SMILES string of the molecule is COCCCNc1nc(C)cn1C(C)C1CCCO1. The van der Waals surface area contributed by atoms with Crippen LogP contribution in [0.4, 0.5) is 5.95 Å². The van der Waals surface area contributed by atoms with Gasteiger partial charge in [-0.1, -0.05) is 0 Å². The van der Waals surface area contributed by atoms with Crippen LogP contribution in [0.5, 0.6) is 0 Å². The van der Waals surface area contributed by atoms with E-state index >= 15 is 0 Å². The molecule has 19 heavy (non-hydrogen) atoms. The summed E-state index contributed by atoms with van der Waals surface area (Å²) in [5, 5.41) is 3.39. The van der Waals surface area contributed by atoms with Gasteiger partial charge in [-0.05, 0) is 33.1 Å². The van der Waals surface area contributed by atoms with Gasteiger partial charge in [-0.3, -0.25) is 0 Å². The summed E-state index contributed by atoms with van der Waals surface area (Å²) in [7, 11) is 1.73. The average molecular weight is 267 g/mol. The average Bonchev–Trinajstić information content (AvgIpc) is 3.03. The summed E-state index contributed by atoms with van der Waals surface area (Å²) in [6.45, 7) is 6.77. The molecule has 0 aliphatic carbocycles. The minimum Gasteiger partial charge on any atom is -0.385 e. The van der Waals surface area contributed by atoms with E-state index in [0.29, 0.717) is 12.1 Å². The van der Waals surface area contributed by atoms with Crippen molar-refractivity contribution in [3.05, 3.63) is 11.9 Å². The third-order valence-electron chi connectivity index (χ3n) is 3.60. The molecule has 2 unspecified atom stereocenters. The third kappa shape index (κ3) is 3.70. The predicted octanol–water partition coefficient (Wildman–Crippen LogP) is 2.38. The number of hydrogen-bond donors (Lipinski definition) is 1. The van der Waals surface area contributed by atoms with Crippen LogP contribution in [0.15, 0.2) is 6.20 Å². The van der Waals surface area contributed by atoms with E-state index in [1.165, 1.54) is 6.42 Å².